The van der Waals surface area contributed by atoms with Gasteiger partial charge in [-0.3, -0.25) is 10.1 Å². The molecule has 2 aromatic rings. The van der Waals surface area contributed by atoms with Crippen molar-refractivity contribution >= 4 is 11.7 Å². The molecule has 5 nitrogen and oxygen atoms in total. The molecule has 0 aliphatic heterocycles. The first-order valence-corrected chi connectivity index (χ1v) is 6.05. The Balaban J connectivity index is 2.15. The van der Waals surface area contributed by atoms with Gasteiger partial charge in [0.15, 0.2) is 0 Å². The molecular weight excluding hydrogens is 270 g/mol. The number of benzene rings is 2. The highest BCUT2D eigenvalue weighted by Gasteiger charge is 2.04. The lowest BCUT2D eigenvalue weighted by atomic mass is 10.1. The van der Waals surface area contributed by atoms with E-state index in [0.29, 0.717) is 11.1 Å². The summed E-state index contributed by atoms with van der Waals surface area (Å²) in [4.78, 5) is 21.4. The van der Waals surface area contributed by atoms with Crippen LogP contribution in [-0.2, 0) is 4.74 Å². The predicted molar refractivity (Wildman–Crippen MR) is 76.9 cm³/mol. The second-order valence-electron chi connectivity index (χ2n) is 4.12. The van der Waals surface area contributed by atoms with Crippen molar-refractivity contribution < 1.29 is 14.5 Å². The van der Waals surface area contributed by atoms with Crippen molar-refractivity contribution in [3.63, 3.8) is 0 Å². The second-order valence-corrected chi connectivity index (χ2v) is 4.12. The summed E-state index contributed by atoms with van der Waals surface area (Å²) < 4.78 is 4.61. The normalized spacial score (nSPS) is 9.38. The summed E-state index contributed by atoms with van der Waals surface area (Å²) in [6, 6.07) is 12.7. The van der Waals surface area contributed by atoms with Crippen molar-refractivity contribution in [3.8, 4) is 11.8 Å². The zero-order valence-electron chi connectivity index (χ0n) is 11.2. The van der Waals surface area contributed by atoms with Crippen LogP contribution in [0.25, 0.3) is 0 Å². The van der Waals surface area contributed by atoms with E-state index in [1.54, 1.807) is 36.4 Å². The Morgan fingerprint density at radius 1 is 1.00 bits per heavy atom. The van der Waals surface area contributed by atoms with Crippen LogP contribution in [0.5, 0.6) is 0 Å². The molecule has 0 unspecified atom stereocenters. The number of rotatable bonds is 2. The van der Waals surface area contributed by atoms with E-state index in [9.17, 15) is 14.9 Å². The first kappa shape index (κ1) is 14.3. The van der Waals surface area contributed by atoms with Crippen molar-refractivity contribution in [2.45, 2.75) is 0 Å². The minimum Gasteiger partial charge on any atom is -0.465 e. The third-order valence-electron chi connectivity index (χ3n) is 2.74. The van der Waals surface area contributed by atoms with Crippen LogP contribution in [0.4, 0.5) is 5.69 Å². The number of nitrogens with zero attached hydrogens (tertiary/aromatic N) is 1. The summed E-state index contributed by atoms with van der Waals surface area (Å²) in [5.74, 6) is 5.42. The molecule has 104 valence electrons. The number of carbonyl (C=O) groups is 1. The monoisotopic (exact) mass is 281 g/mol. The van der Waals surface area contributed by atoms with Crippen molar-refractivity contribution in [1.29, 1.82) is 0 Å². The summed E-state index contributed by atoms with van der Waals surface area (Å²) in [7, 11) is 1.32. The zero-order valence-corrected chi connectivity index (χ0v) is 11.2. The predicted octanol–water partition coefficient (Wildman–Crippen LogP) is 2.78. The molecule has 5 heteroatoms. The molecule has 0 fully saturated rings. The first-order chi connectivity index (χ1) is 10.1. The molecule has 0 saturated heterocycles. The maximum Gasteiger partial charge on any atom is 0.337 e. The van der Waals surface area contributed by atoms with Gasteiger partial charge < -0.3 is 4.74 Å². The molecule has 21 heavy (non-hydrogen) atoms. The van der Waals surface area contributed by atoms with Gasteiger partial charge in [-0.2, -0.15) is 0 Å². The highest BCUT2D eigenvalue weighted by Crippen LogP contribution is 2.11. The Morgan fingerprint density at radius 2 is 1.48 bits per heavy atom. The second kappa shape index (κ2) is 6.35. The lowest BCUT2D eigenvalue weighted by Crippen LogP contribution is -2.00. The molecular formula is C16H11NO4. The van der Waals surface area contributed by atoms with Gasteiger partial charge in [0.1, 0.15) is 0 Å². The van der Waals surface area contributed by atoms with Crippen LogP contribution in [0, 0.1) is 22.0 Å². The minimum atomic E-state index is -0.456. The van der Waals surface area contributed by atoms with Crippen LogP contribution in [0.2, 0.25) is 0 Å². The number of nitro groups is 1. The van der Waals surface area contributed by atoms with E-state index in [-0.39, 0.29) is 5.69 Å². The number of hydrogen-bond donors (Lipinski definition) is 0. The fraction of sp³-hybridized carbons (Fsp3) is 0.0625. The van der Waals surface area contributed by atoms with Gasteiger partial charge in [0.05, 0.1) is 17.6 Å². The molecule has 0 saturated carbocycles. The standard InChI is InChI=1S/C16H11NO4/c1-21-16(18)14-8-4-12(5-9-14)2-3-13-6-10-15(11-7-13)17(19)20/h4-11H,1H3. The van der Waals surface area contributed by atoms with Crippen LogP contribution in [-0.4, -0.2) is 18.0 Å². The number of hydrogen-bond acceptors (Lipinski definition) is 4. The quantitative estimate of drug-likeness (QED) is 0.367. The van der Waals surface area contributed by atoms with Gasteiger partial charge in [0, 0.05) is 23.3 Å². The Morgan fingerprint density at radius 3 is 1.90 bits per heavy atom. The maximum absolute atomic E-state index is 11.3. The number of carbonyl (C=O) groups excluding carboxylic acids is 1. The fourth-order valence-electron chi connectivity index (χ4n) is 1.62. The summed E-state index contributed by atoms with van der Waals surface area (Å²) in [6.07, 6.45) is 0. The summed E-state index contributed by atoms with van der Waals surface area (Å²) in [5.41, 5.74) is 1.90. The third kappa shape index (κ3) is 3.67. The molecule has 2 rings (SSSR count). The molecule has 2 aromatic carbocycles. The number of methoxy groups -OCH3 is 1. The Bertz CT molecular complexity index is 722. The van der Waals surface area contributed by atoms with Crippen molar-refractivity contribution in [3.05, 3.63) is 75.3 Å². The van der Waals surface area contributed by atoms with E-state index in [4.69, 9.17) is 0 Å². The number of non-ortho nitro benzene ring substituents is 1. The Kier molecular flexibility index (Phi) is 4.32. The topological polar surface area (TPSA) is 69.4 Å². The molecule has 0 atom stereocenters. The largest absolute Gasteiger partial charge is 0.465 e. The van der Waals surface area contributed by atoms with Crippen molar-refractivity contribution in [2.75, 3.05) is 7.11 Å². The first-order valence-electron chi connectivity index (χ1n) is 6.05. The van der Waals surface area contributed by atoms with E-state index in [1.165, 1.54) is 19.2 Å². The molecule has 0 bridgehead atoms. The lowest BCUT2D eigenvalue weighted by Gasteiger charge is -1.98. The van der Waals surface area contributed by atoms with Crippen LogP contribution < -0.4 is 0 Å². The number of ether oxygens (including phenoxy) is 1. The Hall–Kier alpha value is -3.13. The zero-order chi connectivity index (χ0) is 15.2. The Labute approximate surface area is 121 Å². The van der Waals surface area contributed by atoms with Crippen LogP contribution >= 0.6 is 0 Å². The molecule has 0 aromatic heterocycles. The van der Waals surface area contributed by atoms with Gasteiger partial charge in [-0.25, -0.2) is 4.79 Å². The minimum absolute atomic E-state index is 0.0305. The average Bonchev–Trinajstić information content (AvgIpc) is 2.53. The fourth-order valence-corrected chi connectivity index (χ4v) is 1.62. The SMILES string of the molecule is COC(=O)c1ccc(C#Cc2ccc([N+](=O)[O-])cc2)cc1. The van der Waals surface area contributed by atoms with Gasteiger partial charge in [-0.05, 0) is 36.4 Å². The van der Waals surface area contributed by atoms with Gasteiger partial charge in [0.25, 0.3) is 5.69 Å². The average molecular weight is 281 g/mol. The summed E-state index contributed by atoms with van der Waals surface area (Å²) >= 11 is 0. The lowest BCUT2D eigenvalue weighted by molar-refractivity contribution is -0.384. The van der Waals surface area contributed by atoms with Gasteiger partial charge in [0.2, 0.25) is 0 Å². The summed E-state index contributed by atoms with van der Waals surface area (Å²) in [5, 5.41) is 10.5. The smallest absolute Gasteiger partial charge is 0.337 e. The molecule has 0 amide bonds. The highest BCUT2D eigenvalue weighted by molar-refractivity contribution is 5.89. The number of nitro benzene ring substituents is 1. The highest BCUT2D eigenvalue weighted by atomic mass is 16.6. The van der Waals surface area contributed by atoms with E-state index in [2.05, 4.69) is 16.6 Å². The van der Waals surface area contributed by atoms with Crippen molar-refractivity contribution in [1.82, 2.24) is 0 Å². The molecule has 0 heterocycles. The van der Waals surface area contributed by atoms with Gasteiger partial charge >= 0.3 is 5.97 Å². The van der Waals surface area contributed by atoms with E-state index >= 15 is 0 Å². The van der Waals surface area contributed by atoms with Crippen LogP contribution in [0.15, 0.2) is 48.5 Å². The maximum atomic E-state index is 11.3. The van der Waals surface area contributed by atoms with Gasteiger partial charge in [-0.15, -0.1) is 0 Å². The third-order valence-corrected chi connectivity index (χ3v) is 2.74. The number of esters is 1. The molecule has 0 aliphatic carbocycles. The van der Waals surface area contributed by atoms with E-state index in [0.717, 1.165) is 5.56 Å². The molecule has 0 N–H and O–H groups in total. The summed E-state index contributed by atoms with van der Waals surface area (Å²) in [6.45, 7) is 0. The van der Waals surface area contributed by atoms with Crippen LogP contribution in [0.1, 0.15) is 21.5 Å². The molecule has 0 aliphatic rings. The van der Waals surface area contributed by atoms with E-state index in [1.807, 2.05) is 0 Å². The van der Waals surface area contributed by atoms with Gasteiger partial charge in [-0.1, -0.05) is 11.8 Å². The molecule has 0 radical (unpaired) electrons. The van der Waals surface area contributed by atoms with Crippen LogP contribution in [0.3, 0.4) is 0 Å². The van der Waals surface area contributed by atoms with E-state index < -0.39 is 10.9 Å². The van der Waals surface area contributed by atoms with Crippen molar-refractivity contribution in [2.24, 2.45) is 0 Å². The molecule has 0 spiro atoms.